The number of hydrogen-bond donors (Lipinski definition) is 2. The molecule has 162 valence electrons. The van der Waals surface area contributed by atoms with Crippen LogP contribution in [0.1, 0.15) is 31.4 Å². The molecule has 2 N–H and O–H groups in total. The maximum Gasteiger partial charge on any atom is 0.254 e. The minimum atomic E-state index is -0.932. The van der Waals surface area contributed by atoms with Gasteiger partial charge in [0.25, 0.3) is 5.91 Å². The first-order valence-corrected chi connectivity index (χ1v) is 9.91. The second kappa shape index (κ2) is 10.3. The number of benzene rings is 1. The van der Waals surface area contributed by atoms with Gasteiger partial charge in [0, 0.05) is 14.0 Å². The van der Waals surface area contributed by atoms with E-state index in [-0.39, 0.29) is 18.3 Å². The Bertz CT molecular complexity index is 963. The number of hydrogen-bond acceptors (Lipinski definition) is 5. The van der Waals surface area contributed by atoms with Crippen molar-refractivity contribution in [2.45, 2.75) is 25.8 Å². The molecule has 1 aromatic rings. The number of likely N-dealkylation sites (N-methyl/N-ethyl adjacent to an activating group) is 1. The molecule has 0 radical (unpaired) electrons. The van der Waals surface area contributed by atoms with E-state index < -0.39 is 17.9 Å². The van der Waals surface area contributed by atoms with Gasteiger partial charge in [-0.15, -0.1) is 0 Å². The van der Waals surface area contributed by atoms with Gasteiger partial charge < -0.3 is 19.7 Å². The van der Waals surface area contributed by atoms with E-state index in [2.05, 4.69) is 16.7 Å². The average Bonchev–Trinajstić information content (AvgIpc) is 2.79. The second-order valence-corrected chi connectivity index (χ2v) is 7.08. The Labute approximate surface area is 180 Å². The Hall–Kier alpha value is -3.81. The summed E-state index contributed by atoms with van der Waals surface area (Å²) in [6, 6.07) is 7.96. The van der Waals surface area contributed by atoms with Crippen molar-refractivity contribution in [2.75, 3.05) is 13.6 Å². The molecule has 1 unspecified atom stereocenters. The molecule has 8 nitrogen and oxygen atoms in total. The fraction of sp³-hybridized carbons (Fsp3) is 0.261. The van der Waals surface area contributed by atoms with Crippen molar-refractivity contribution in [3.8, 4) is 0 Å². The van der Waals surface area contributed by atoms with Gasteiger partial charge in [-0.2, -0.15) is 0 Å². The van der Waals surface area contributed by atoms with Gasteiger partial charge in [0.15, 0.2) is 12.0 Å². The van der Waals surface area contributed by atoms with Crippen LogP contribution in [0.25, 0.3) is 0 Å². The Morgan fingerprint density at radius 1 is 1.16 bits per heavy atom. The van der Waals surface area contributed by atoms with Crippen LogP contribution in [0, 0.1) is 0 Å². The van der Waals surface area contributed by atoms with Crippen molar-refractivity contribution >= 4 is 17.7 Å². The van der Waals surface area contributed by atoms with Gasteiger partial charge in [-0.25, -0.2) is 0 Å². The van der Waals surface area contributed by atoms with Crippen LogP contribution >= 0.6 is 0 Å². The van der Waals surface area contributed by atoms with Crippen molar-refractivity contribution in [3.63, 3.8) is 0 Å². The van der Waals surface area contributed by atoms with E-state index in [1.807, 2.05) is 18.2 Å². The maximum atomic E-state index is 13.2. The molecule has 1 aliphatic carbocycles. The smallest absolute Gasteiger partial charge is 0.254 e. The van der Waals surface area contributed by atoms with Crippen molar-refractivity contribution < 1.29 is 23.9 Å². The zero-order valence-corrected chi connectivity index (χ0v) is 17.5. The van der Waals surface area contributed by atoms with Crippen LogP contribution in [0.15, 0.2) is 78.3 Å². The minimum Gasteiger partial charge on any atom is -0.463 e. The van der Waals surface area contributed by atoms with E-state index in [1.165, 1.54) is 31.4 Å². The molecule has 1 atom stereocenters. The molecule has 1 aromatic carbocycles. The number of amides is 3. The number of carbonyl (C=O) groups is 3. The van der Waals surface area contributed by atoms with Gasteiger partial charge in [0.05, 0.1) is 6.54 Å². The van der Waals surface area contributed by atoms with Gasteiger partial charge in [-0.3, -0.25) is 19.7 Å². The number of ether oxygens (including phenoxy) is 2. The molecule has 3 amide bonds. The zero-order valence-electron chi connectivity index (χ0n) is 17.5. The first kappa shape index (κ1) is 21.9. The van der Waals surface area contributed by atoms with E-state index in [1.54, 1.807) is 24.3 Å². The van der Waals surface area contributed by atoms with Crippen LogP contribution in [0.2, 0.25) is 0 Å². The number of nitrogens with zero attached hydrogens (tertiary/aromatic N) is 1. The normalized spacial score (nSPS) is 15.9. The van der Waals surface area contributed by atoms with Crippen molar-refractivity contribution in [2.24, 2.45) is 0 Å². The molecule has 0 fully saturated rings. The topological polar surface area (TPSA) is 97.0 Å². The minimum absolute atomic E-state index is 0.126. The van der Waals surface area contributed by atoms with Crippen LogP contribution in [-0.4, -0.2) is 36.2 Å². The third kappa shape index (κ3) is 5.85. The Morgan fingerprint density at radius 3 is 2.61 bits per heavy atom. The summed E-state index contributed by atoms with van der Waals surface area (Å²) in [6.07, 6.45) is 10.4. The second-order valence-electron chi connectivity index (χ2n) is 7.08. The Balaban J connectivity index is 1.73. The first-order chi connectivity index (χ1) is 15.0. The van der Waals surface area contributed by atoms with Crippen molar-refractivity contribution in [1.82, 2.24) is 15.5 Å². The largest absolute Gasteiger partial charge is 0.463 e. The molecule has 8 heteroatoms. The molecule has 0 bridgehead atoms. The molecule has 1 heterocycles. The molecule has 0 saturated carbocycles. The molecule has 2 aliphatic rings. The highest BCUT2D eigenvalue weighted by Gasteiger charge is 2.30. The van der Waals surface area contributed by atoms with E-state index >= 15 is 0 Å². The predicted molar refractivity (Wildman–Crippen MR) is 114 cm³/mol. The zero-order chi connectivity index (χ0) is 22.2. The van der Waals surface area contributed by atoms with E-state index in [0.717, 1.165) is 18.4 Å². The molecule has 0 aromatic heterocycles. The summed E-state index contributed by atoms with van der Waals surface area (Å²) < 4.78 is 11.2. The lowest BCUT2D eigenvalue weighted by atomic mass is 10.0. The number of nitrogens with one attached hydrogen (secondary N) is 2. The maximum absolute atomic E-state index is 13.2. The summed E-state index contributed by atoms with van der Waals surface area (Å²) in [5.74, 6) is -0.561. The highest BCUT2D eigenvalue weighted by atomic mass is 16.6. The number of rotatable bonds is 7. The van der Waals surface area contributed by atoms with Gasteiger partial charge in [-0.1, -0.05) is 48.6 Å². The van der Waals surface area contributed by atoms with E-state index in [0.29, 0.717) is 11.3 Å². The van der Waals surface area contributed by atoms with Gasteiger partial charge in [0.1, 0.15) is 12.3 Å². The summed E-state index contributed by atoms with van der Waals surface area (Å²) in [4.78, 5) is 38.2. The monoisotopic (exact) mass is 423 g/mol. The van der Waals surface area contributed by atoms with Crippen molar-refractivity contribution in [3.05, 3.63) is 83.9 Å². The highest BCUT2D eigenvalue weighted by Crippen LogP contribution is 2.26. The number of allylic oxidation sites excluding steroid dienone is 4. The fourth-order valence-corrected chi connectivity index (χ4v) is 3.17. The van der Waals surface area contributed by atoms with Crippen LogP contribution in [0.5, 0.6) is 0 Å². The lowest BCUT2D eigenvalue weighted by molar-refractivity contribution is -0.139. The molecular weight excluding hydrogens is 398 g/mol. The summed E-state index contributed by atoms with van der Waals surface area (Å²) in [5.41, 5.74) is 1.58. The molecule has 3 rings (SSSR count). The third-order valence-electron chi connectivity index (χ3n) is 4.78. The first-order valence-electron chi connectivity index (χ1n) is 9.91. The summed E-state index contributed by atoms with van der Waals surface area (Å²) in [6.45, 7) is 1.11. The Morgan fingerprint density at radius 2 is 1.94 bits per heavy atom. The number of carbonyl (C=O) groups excluding carboxylic acids is 3. The quantitative estimate of drug-likeness (QED) is 0.702. The predicted octanol–water partition coefficient (Wildman–Crippen LogP) is 2.40. The molecular formula is C23H25N3O5. The SMILES string of the molecule is CC(=O)NCC(=O)N(C)C(C(=O)NC1=COC=C(C2=CC=CCC2)O1)c1ccccc1. The molecule has 31 heavy (non-hydrogen) atoms. The van der Waals surface area contributed by atoms with Gasteiger partial charge in [0.2, 0.25) is 17.7 Å². The standard InChI is InChI=1S/C23H25N3O5/c1-16(27)24-13-21(28)26(2)22(18-11-7-4-8-12-18)23(29)25-20-15-30-14-19(31-20)17-9-5-3-6-10-17/h3-5,7-9,11-12,14-15,22H,6,10,13H2,1-2H3,(H,24,27)(H,25,29). The van der Waals surface area contributed by atoms with Gasteiger partial charge >= 0.3 is 0 Å². The summed E-state index contributed by atoms with van der Waals surface area (Å²) >= 11 is 0. The van der Waals surface area contributed by atoms with Crippen LogP contribution in [0.4, 0.5) is 0 Å². The lowest BCUT2D eigenvalue weighted by Crippen LogP contribution is -2.45. The van der Waals surface area contributed by atoms with Crippen LogP contribution in [-0.2, 0) is 23.9 Å². The Kier molecular flexibility index (Phi) is 7.26. The molecule has 0 spiro atoms. The third-order valence-corrected chi connectivity index (χ3v) is 4.78. The lowest BCUT2D eigenvalue weighted by Gasteiger charge is -2.28. The van der Waals surface area contributed by atoms with E-state index in [4.69, 9.17) is 9.47 Å². The molecule has 0 saturated heterocycles. The fourth-order valence-electron chi connectivity index (χ4n) is 3.17. The summed E-state index contributed by atoms with van der Waals surface area (Å²) in [7, 11) is 1.51. The van der Waals surface area contributed by atoms with Crippen LogP contribution < -0.4 is 10.6 Å². The highest BCUT2D eigenvalue weighted by molar-refractivity contribution is 5.91. The van der Waals surface area contributed by atoms with Crippen LogP contribution in [0.3, 0.4) is 0 Å². The molecule has 1 aliphatic heterocycles. The van der Waals surface area contributed by atoms with Crippen molar-refractivity contribution in [1.29, 1.82) is 0 Å². The van der Waals surface area contributed by atoms with E-state index in [9.17, 15) is 14.4 Å². The summed E-state index contributed by atoms with van der Waals surface area (Å²) in [5, 5.41) is 5.15. The average molecular weight is 423 g/mol. The van der Waals surface area contributed by atoms with Gasteiger partial charge in [-0.05, 0) is 24.0 Å².